The summed E-state index contributed by atoms with van der Waals surface area (Å²) in [5.74, 6) is 1.69. The Morgan fingerprint density at radius 1 is 1.37 bits per heavy atom. The zero-order chi connectivity index (χ0) is 18.6. The topological polar surface area (TPSA) is 109 Å². The lowest BCUT2D eigenvalue weighted by molar-refractivity contribution is 0.380. The van der Waals surface area contributed by atoms with Crippen molar-refractivity contribution >= 4 is 51.4 Å². The molecule has 0 saturated carbocycles. The van der Waals surface area contributed by atoms with E-state index in [0.717, 1.165) is 5.56 Å². The maximum absolute atomic E-state index is 11.6. The quantitative estimate of drug-likeness (QED) is 0.350. The Balaban J connectivity index is 0.00000261. The number of guanidine groups is 1. The molecule has 1 aliphatic rings. The van der Waals surface area contributed by atoms with Gasteiger partial charge in [-0.05, 0) is 37.6 Å². The Kier molecular flexibility index (Phi) is 7.86. The van der Waals surface area contributed by atoms with Crippen LogP contribution >= 0.6 is 35.6 Å². The molecular weight excluding hydrogens is 505 g/mol. The number of nitrogens with zero attached hydrogens (tertiary/aromatic N) is 3. The maximum Gasteiger partial charge on any atom is 0.248 e. The van der Waals surface area contributed by atoms with Gasteiger partial charge < -0.3 is 15.2 Å². The first-order chi connectivity index (χ1) is 12.4. The predicted octanol–water partition coefficient (Wildman–Crippen LogP) is 2.25. The molecule has 1 aliphatic heterocycles. The van der Waals surface area contributed by atoms with E-state index in [1.807, 2.05) is 19.1 Å². The van der Waals surface area contributed by atoms with Crippen molar-refractivity contribution in [1.29, 1.82) is 0 Å². The van der Waals surface area contributed by atoms with Crippen molar-refractivity contribution in [2.45, 2.75) is 25.9 Å². The van der Waals surface area contributed by atoms with Crippen LogP contribution in [0.2, 0.25) is 5.02 Å². The molecule has 2 heterocycles. The number of hydrogen-bond donors (Lipinski definition) is 2. The molecule has 11 heteroatoms. The van der Waals surface area contributed by atoms with Crippen LogP contribution in [-0.2, 0) is 16.4 Å². The zero-order valence-electron chi connectivity index (χ0n) is 14.7. The van der Waals surface area contributed by atoms with Gasteiger partial charge in [0.05, 0.1) is 11.5 Å². The van der Waals surface area contributed by atoms with E-state index in [9.17, 15) is 8.42 Å². The molecule has 148 valence electrons. The summed E-state index contributed by atoms with van der Waals surface area (Å²) in [6.45, 7) is 2.79. The van der Waals surface area contributed by atoms with E-state index in [1.165, 1.54) is 0 Å². The number of hydrogen-bond acceptors (Lipinski definition) is 6. The van der Waals surface area contributed by atoms with Gasteiger partial charge in [0.1, 0.15) is 6.54 Å². The van der Waals surface area contributed by atoms with Gasteiger partial charge in [0.25, 0.3) is 0 Å². The molecule has 1 atom stereocenters. The van der Waals surface area contributed by atoms with Gasteiger partial charge in [0, 0.05) is 23.2 Å². The number of sulfone groups is 1. The lowest BCUT2D eigenvalue weighted by Crippen LogP contribution is -2.44. The van der Waals surface area contributed by atoms with E-state index in [1.54, 1.807) is 12.1 Å². The minimum absolute atomic E-state index is 0. The zero-order valence-corrected chi connectivity index (χ0v) is 18.6. The van der Waals surface area contributed by atoms with Gasteiger partial charge in [0.2, 0.25) is 11.7 Å². The lowest BCUT2D eigenvalue weighted by atomic mass is 10.2. The third-order valence-corrected chi connectivity index (χ3v) is 5.88. The van der Waals surface area contributed by atoms with Crippen molar-refractivity contribution in [3.8, 4) is 11.4 Å². The molecule has 1 fully saturated rings. The van der Waals surface area contributed by atoms with Crippen LogP contribution in [0.25, 0.3) is 11.4 Å². The smallest absolute Gasteiger partial charge is 0.248 e. The van der Waals surface area contributed by atoms with Crippen LogP contribution in [0.4, 0.5) is 0 Å². The molecule has 8 nitrogen and oxygen atoms in total. The highest BCUT2D eigenvalue weighted by Crippen LogP contribution is 2.18. The van der Waals surface area contributed by atoms with Crippen molar-refractivity contribution in [2.24, 2.45) is 4.99 Å². The Labute approximate surface area is 180 Å². The fraction of sp³-hybridized carbons (Fsp3) is 0.438. The van der Waals surface area contributed by atoms with Crippen LogP contribution in [0.1, 0.15) is 19.2 Å². The van der Waals surface area contributed by atoms with E-state index in [4.69, 9.17) is 16.1 Å². The first-order valence-corrected chi connectivity index (χ1v) is 10.5. The standard InChI is InChI=1S/C16H20ClN5O3S.HI/c1-2-18-16(20-13-7-8-26(23,24)10-13)19-9-14-21-15(22-25-14)11-3-5-12(17)6-4-11;/h3-6,13H,2,7-10H2,1H3,(H2,18,19,20);1H. The molecule has 27 heavy (non-hydrogen) atoms. The highest BCUT2D eigenvalue weighted by molar-refractivity contribution is 14.0. The van der Waals surface area contributed by atoms with Gasteiger partial charge >= 0.3 is 0 Å². The monoisotopic (exact) mass is 525 g/mol. The maximum atomic E-state index is 11.6. The van der Waals surface area contributed by atoms with Crippen LogP contribution in [0.3, 0.4) is 0 Å². The van der Waals surface area contributed by atoms with Gasteiger partial charge in [0.15, 0.2) is 15.8 Å². The summed E-state index contributed by atoms with van der Waals surface area (Å²) in [7, 11) is -2.95. The highest BCUT2D eigenvalue weighted by Gasteiger charge is 2.28. The first-order valence-electron chi connectivity index (χ1n) is 8.29. The van der Waals surface area contributed by atoms with Crippen LogP contribution in [0, 0.1) is 0 Å². The highest BCUT2D eigenvalue weighted by atomic mass is 127. The molecule has 0 spiro atoms. The normalized spacial score (nSPS) is 18.7. The summed E-state index contributed by atoms with van der Waals surface area (Å²) in [6, 6.07) is 7.01. The SMILES string of the molecule is CCNC(=NCc1nc(-c2ccc(Cl)cc2)no1)NC1CCS(=O)(=O)C1.I. The molecule has 0 amide bonds. The molecule has 1 saturated heterocycles. The Hall–Kier alpha value is -1.40. The van der Waals surface area contributed by atoms with E-state index in [2.05, 4.69) is 25.8 Å². The molecule has 1 unspecified atom stereocenters. The molecule has 0 radical (unpaired) electrons. The Morgan fingerprint density at radius 2 is 2.11 bits per heavy atom. The molecule has 0 aliphatic carbocycles. The van der Waals surface area contributed by atoms with Crippen molar-refractivity contribution in [2.75, 3.05) is 18.1 Å². The lowest BCUT2D eigenvalue weighted by Gasteiger charge is -2.15. The van der Waals surface area contributed by atoms with Gasteiger partial charge in [-0.3, -0.25) is 0 Å². The minimum Gasteiger partial charge on any atom is -0.357 e. The third-order valence-electron chi connectivity index (χ3n) is 3.86. The number of halogens is 2. The van der Waals surface area contributed by atoms with Crippen molar-refractivity contribution < 1.29 is 12.9 Å². The van der Waals surface area contributed by atoms with E-state index in [-0.39, 0.29) is 48.1 Å². The first kappa shape index (κ1) is 21.9. The van der Waals surface area contributed by atoms with Crippen molar-refractivity contribution in [3.05, 3.63) is 35.2 Å². The van der Waals surface area contributed by atoms with Gasteiger partial charge in [-0.25, -0.2) is 13.4 Å². The summed E-state index contributed by atoms with van der Waals surface area (Å²) in [6.07, 6.45) is 0.577. The predicted molar refractivity (Wildman–Crippen MR) is 115 cm³/mol. The van der Waals surface area contributed by atoms with Gasteiger partial charge in [-0.15, -0.1) is 24.0 Å². The number of benzene rings is 1. The second-order valence-corrected chi connectivity index (χ2v) is 8.62. The van der Waals surface area contributed by atoms with Crippen LogP contribution in [0.5, 0.6) is 0 Å². The molecule has 1 aromatic carbocycles. The van der Waals surface area contributed by atoms with Crippen molar-refractivity contribution in [3.63, 3.8) is 0 Å². The Bertz CT molecular complexity index is 886. The second kappa shape index (κ2) is 9.69. The molecule has 2 N–H and O–H groups in total. The van der Waals surface area contributed by atoms with Crippen molar-refractivity contribution in [1.82, 2.24) is 20.8 Å². The Morgan fingerprint density at radius 3 is 2.74 bits per heavy atom. The van der Waals surface area contributed by atoms with Crippen LogP contribution in [-0.4, -0.2) is 48.6 Å². The molecule has 1 aromatic heterocycles. The summed E-state index contributed by atoms with van der Waals surface area (Å²) < 4.78 is 28.4. The number of nitrogens with one attached hydrogen (secondary N) is 2. The third kappa shape index (κ3) is 6.32. The fourth-order valence-electron chi connectivity index (χ4n) is 2.60. The van der Waals surface area contributed by atoms with Crippen LogP contribution in [0.15, 0.2) is 33.8 Å². The number of aliphatic imine (C=N–C) groups is 1. The average molecular weight is 526 g/mol. The molecule has 3 rings (SSSR count). The summed E-state index contributed by atoms with van der Waals surface area (Å²) >= 11 is 5.87. The van der Waals surface area contributed by atoms with Gasteiger partial charge in [-0.2, -0.15) is 4.98 Å². The number of aromatic nitrogens is 2. The average Bonchev–Trinajstić information content (AvgIpc) is 3.20. The second-order valence-electron chi connectivity index (χ2n) is 5.96. The van der Waals surface area contributed by atoms with Gasteiger partial charge in [-0.1, -0.05) is 16.8 Å². The van der Waals surface area contributed by atoms with E-state index < -0.39 is 9.84 Å². The summed E-state index contributed by atoms with van der Waals surface area (Å²) in [5.41, 5.74) is 0.801. The fourth-order valence-corrected chi connectivity index (χ4v) is 4.40. The van der Waals surface area contributed by atoms with E-state index in [0.29, 0.717) is 35.7 Å². The molecular formula is C16H21ClIN5O3S. The number of rotatable bonds is 5. The molecule has 2 aromatic rings. The largest absolute Gasteiger partial charge is 0.357 e. The van der Waals surface area contributed by atoms with Crippen LogP contribution < -0.4 is 10.6 Å². The van der Waals surface area contributed by atoms with E-state index >= 15 is 0 Å². The molecule has 0 bridgehead atoms. The summed E-state index contributed by atoms with van der Waals surface area (Å²) in [5, 5.41) is 10.8. The summed E-state index contributed by atoms with van der Waals surface area (Å²) in [4.78, 5) is 8.72. The minimum atomic E-state index is -2.95.